The van der Waals surface area contributed by atoms with Crippen LogP contribution in [0.3, 0.4) is 0 Å². The van der Waals surface area contributed by atoms with Crippen molar-refractivity contribution in [2.45, 2.75) is 12.8 Å². The van der Waals surface area contributed by atoms with Gasteiger partial charge in [0.25, 0.3) is 5.91 Å². The number of fused-ring (bicyclic) bond motifs is 1. The first-order valence-corrected chi connectivity index (χ1v) is 6.86. The number of hydrogen-bond acceptors (Lipinski definition) is 5. The highest BCUT2D eigenvalue weighted by atomic mass is 16.5. The second-order valence-electron chi connectivity index (χ2n) is 5.12. The highest BCUT2D eigenvalue weighted by molar-refractivity contribution is 5.97. The predicted octanol–water partition coefficient (Wildman–Crippen LogP) is 0.983. The maximum Gasteiger partial charge on any atom is 0.308 e. The molecule has 0 saturated carbocycles. The van der Waals surface area contributed by atoms with Gasteiger partial charge in [0.15, 0.2) is 0 Å². The minimum Gasteiger partial charge on any atom is -0.469 e. The van der Waals surface area contributed by atoms with Crippen LogP contribution in [0.25, 0.3) is 11.0 Å². The molecule has 1 fully saturated rings. The monoisotopic (exact) mass is 288 g/mol. The average Bonchev–Trinajstić information content (AvgIpc) is 3.01. The quantitative estimate of drug-likeness (QED) is 0.832. The predicted molar refractivity (Wildman–Crippen MR) is 74.5 cm³/mol. The highest BCUT2D eigenvalue weighted by Crippen LogP contribution is 2.21. The van der Waals surface area contributed by atoms with Crippen molar-refractivity contribution in [2.75, 3.05) is 20.2 Å². The number of methoxy groups -OCH3 is 1. The number of likely N-dealkylation sites (tertiary alicyclic amines) is 1. The van der Waals surface area contributed by atoms with Crippen molar-refractivity contribution in [2.24, 2.45) is 5.92 Å². The van der Waals surface area contributed by atoms with Crippen molar-refractivity contribution in [3.8, 4) is 0 Å². The van der Waals surface area contributed by atoms with E-state index in [4.69, 9.17) is 4.74 Å². The zero-order chi connectivity index (χ0) is 14.8. The molecular formula is C14H16N4O3. The third-order valence-electron chi connectivity index (χ3n) is 3.88. The van der Waals surface area contributed by atoms with Crippen LogP contribution < -0.4 is 0 Å². The standard InChI is InChI=1S/C14H16N4O3/c1-21-14(20)9-4-6-18(7-5-9)13(19)10-2-3-11-12(8-10)16-17-15-11/h2-3,8-9H,4-7H2,1H3,(H,15,16,17). The Morgan fingerprint density at radius 1 is 1.24 bits per heavy atom. The molecule has 1 aliphatic heterocycles. The number of hydrogen-bond donors (Lipinski definition) is 1. The summed E-state index contributed by atoms with van der Waals surface area (Å²) in [5, 5.41) is 10.5. The van der Waals surface area contributed by atoms with Gasteiger partial charge in [-0.1, -0.05) is 0 Å². The summed E-state index contributed by atoms with van der Waals surface area (Å²) >= 11 is 0. The third-order valence-corrected chi connectivity index (χ3v) is 3.88. The van der Waals surface area contributed by atoms with Crippen molar-refractivity contribution < 1.29 is 14.3 Å². The molecule has 0 atom stereocenters. The molecule has 2 heterocycles. The number of esters is 1. The number of aromatic amines is 1. The topological polar surface area (TPSA) is 88.2 Å². The fraction of sp³-hybridized carbons (Fsp3) is 0.429. The van der Waals surface area contributed by atoms with E-state index in [0.29, 0.717) is 37.0 Å². The van der Waals surface area contributed by atoms with Crippen LogP contribution in [-0.2, 0) is 9.53 Å². The Bertz CT molecular complexity index is 674. The largest absolute Gasteiger partial charge is 0.469 e. The zero-order valence-electron chi connectivity index (χ0n) is 11.7. The lowest BCUT2D eigenvalue weighted by Crippen LogP contribution is -2.40. The molecule has 1 saturated heterocycles. The summed E-state index contributed by atoms with van der Waals surface area (Å²) in [6.07, 6.45) is 1.29. The van der Waals surface area contributed by atoms with E-state index in [2.05, 4.69) is 15.4 Å². The number of aromatic nitrogens is 3. The van der Waals surface area contributed by atoms with Gasteiger partial charge >= 0.3 is 5.97 Å². The van der Waals surface area contributed by atoms with Crippen LogP contribution in [-0.4, -0.2) is 52.4 Å². The number of carbonyl (C=O) groups excluding carboxylic acids is 2. The van der Waals surface area contributed by atoms with Crippen molar-refractivity contribution in [1.29, 1.82) is 0 Å². The van der Waals surface area contributed by atoms with Gasteiger partial charge < -0.3 is 9.64 Å². The summed E-state index contributed by atoms with van der Waals surface area (Å²) in [6, 6.07) is 5.25. The molecule has 1 aliphatic rings. The Morgan fingerprint density at radius 3 is 2.67 bits per heavy atom. The first kappa shape index (κ1) is 13.5. The van der Waals surface area contributed by atoms with Gasteiger partial charge in [0.05, 0.1) is 13.0 Å². The van der Waals surface area contributed by atoms with Crippen LogP contribution in [0.2, 0.25) is 0 Å². The molecule has 1 N–H and O–H groups in total. The lowest BCUT2D eigenvalue weighted by atomic mass is 9.96. The number of nitrogens with zero attached hydrogens (tertiary/aromatic N) is 3. The van der Waals surface area contributed by atoms with E-state index < -0.39 is 0 Å². The second kappa shape index (κ2) is 5.51. The van der Waals surface area contributed by atoms with Crippen LogP contribution in [0.4, 0.5) is 0 Å². The number of carbonyl (C=O) groups is 2. The summed E-state index contributed by atoms with van der Waals surface area (Å²) in [7, 11) is 1.40. The van der Waals surface area contributed by atoms with E-state index in [1.807, 2.05) is 0 Å². The van der Waals surface area contributed by atoms with Crippen molar-refractivity contribution in [1.82, 2.24) is 20.3 Å². The summed E-state index contributed by atoms with van der Waals surface area (Å²) < 4.78 is 4.75. The molecule has 3 rings (SSSR count). The molecule has 0 radical (unpaired) electrons. The van der Waals surface area contributed by atoms with E-state index in [0.717, 1.165) is 5.52 Å². The van der Waals surface area contributed by atoms with Crippen LogP contribution >= 0.6 is 0 Å². The molecule has 1 aromatic heterocycles. The van der Waals surface area contributed by atoms with Crippen LogP contribution in [0.1, 0.15) is 23.2 Å². The van der Waals surface area contributed by atoms with Crippen molar-refractivity contribution >= 4 is 22.9 Å². The van der Waals surface area contributed by atoms with Gasteiger partial charge in [0, 0.05) is 18.7 Å². The number of ether oxygens (including phenoxy) is 1. The van der Waals surface area contributed by atoms with Crippen LogP contribution in [0.15, 0.2) is 18.2 Å². The fourth-order valence-corrected chi connectivity index (χ4v) is 2.64. The van der Waals surface area contributed by atoms with E-state index in [-0.39, 0.29) is 17.8 Å². The van der Waals surface area contributed by atoms with Gasteiger partial charge in [0.1, 0.15) is 11.0 Å². The fourth-order valence-electron chi connectivity index (χ4n) is 2.64. The Kier molecular flexibility index (Phi) is 3.55. The van der Waals surface area contributed by atoms with Crippen molar-refractivity contribution in [3.63, 3.8) is 0 Å². The zero-order valence-corrected chi connectivity index (χ0v) is 11.7. The van der Waals surface area contributed by atoms with Gasteiger partial charge in [0.2, 0.25) is 0 Å². The molecule has 0 spiro atoms. The SMILES string of the molecule is COC(=O)C1CCN(C(=O)c2ccc3n[nH]nc3c2)CC1. The van der Waals surface area contributed by atoms with Gasteiger partial charge in [-0.15, -0.1) is 0 Å². The summed E-state index contributed by atoms with van der Waals surface area (Å²) in [6.45, 7) is 1.13. The minimum absolute atomic E-state index is 0.0387. The molecule has 0 bridgehead atoms. The van der Waals surface area contributed by atoms with Gasteiger partial charge in [-0.05, 0) is 31.0 Å². The Hall–Kier alpha value is -2.44. The highest BCUT2D eigenvalue weighted by Gasteiger charge is 2.28. The molecule has 1 amide bonds. The molecule has 1 aromatic carbocycles. The molecule has 110 valence electrons. The summed E-state index contributed by atoms with van der Waals surface area (Å²) in [4.78, 5) is 25.7. The number of H-pyrrole nitrogens is 1. The molecular weight excluding hydrogens is 272 g/mol. The molecule has 7 nitrogen and oxygen atoms in total. The summed E-state index contributed by atoms with van der Waals surface area (Å²) in [5.41, 5.74) is 1.99. The average molecular weight is 288 g/mol. The summed E-state index contributed by atoms with van der Waals surface area (Å²) in [5.74, 6) is -0.327. The maximum atomic E-state index is 12.5. The van der Waals surface area contributed by atoms with E-state index >= 15 is 0 Å². The lowest BCUT2D eigenvalue weighted by Gasteiger charge is -2.30. The van der Waals surface area contributed by atoms with Crippen molar-refractivity contribution in [3.05, 3.63) is 23.8 Å². The number of nitrogens with one attached hydrogen (secondary N) is 1. The first-order chi connectivity index (χ1) is 10.2. The molecule has 7 heteroatoms. The molecule has 21 heavy (non-hydrogen) atoms. The molecule has 2 aromatic rings. The molecule has 0 unspecified atom stereocenters. The van der Waals surface area contributed by atoms with E-state index in [9.17, 15) is 9.59 Å². The van der Waals surface area contributed by atoms with Gasteiger partial charge in [-0.3, -0.25) is 9.59 Å². The second-order valence-corrected chi connectivity index (χ2v) is 5.12. The number of benzene rings is 1. The third kappa shape index (κ3) is 2.58. The van der Waals surface area contributed by atoms with E-state index in [1.54, 1.807) is 23.1 Å². The molecule has 0 aliphatic carbocycles. The first-order valence-electron chi connectivity index (χ1n) is 6.86. The van der Waals surface area contributed by atoms with Crippen LogP contribution in [0.5, 0.6) is 0 Å². The van der Waals surface area contributed by atoms with Gasteiger partial charge in [-0.25, -0.2) is 0 Å². The minimum atomic E-state index is -0.189. The number of amides is 1. The number of rotatable bonds is 2. The normalized spacial score (nSPS) is 16.1. The maximum absolute atomic E-state index is 12.5. The Labute approximate surface area is 121 Å². The smallest absolute Gasteiger partial charge is 0.308 e. The van der Waals surface area contributed by atoms with Gasteiger partial charge in [-0.2, -0.15) is 15.4 Å². The van der Waals surface area contributed by atoms with E-state index in [1.165, 1.54) is 7.11 Å². The number of piperidine rings is 1. The Morgan fingerprint density at radius 2 is 1.95 bits per heavy atom. The van der Waals surface area contributed by atoms with Crippen LogP contribution in [0, 0.1) is 5.92 Å². The Balaban J connectivity index is 1.70. The lowest BCUT2D eigenvalue weighted by molar-refractivity contribution is -0.146.